The molecule has 0 spiro atoms. The number of rotatable bonds is 4. The van der Waals surface area contributed by atoms with Crippen LogP contribution in [0.25, 0.3) is 0 Å². The Labute approximate surface area is 99.6 Å². The van der Waals surface area contributed by atoms with E-state index in [4.69, 9.17) is 5.26 Å². The van der Waals surface area contributed by atoms with Crippen LogP contribution in [0.15, 0.2) is 28.7 Å². The summed E-state index contributed by atoms with van der Waals surface area (Å²) in [7, 11) is 4.05. The molecule has 1 aromatic carbocycles. The van der Waals surface area contributed by atoms with Crippen LogP contribution in [-0.2, 0) is 0 Å². The van der Waals surface area contributed by atoms with Crippen molar-refractivity contribution in [3.8, 4) is 6.07 Å². The zero-order valence-corrected chi connectivity index (χ0v) is 10.7. The van der Waals surface area contributed by atoms with Gasteiger partial charge >= 0.3 is 0 Å². The molecule has 0 saturated carbocycles. The van der Waals surface area contributed by atoms with Gasteiger partial charge in [0.2, 0.25) is 0 Å². The average Bonchev–Trinajstić information content (AvgIpc) is 2.21. The highest BCUT2D eigenvalue weighted by atomic mass is 79.9. The summed E-state index contributed by atoms with van der Waals surface area (Å²) in [4.78, 5) is 2.10. The Balaban J connectivity index is 2.67. The number of halogens is 1. The van der Waals surface area contributed by atoms with Crippen molar-refractivity contribution < 1.29 is 0 Å². The van der Waals surface area contributed by atoms with Crippen LogP contribution in [0.1, 0.15) is 17.9 Å². The van der Waals surface area contributed by atoms with Crippen LogP contribution in [0.5, 0.6) is 0 Å². The summed E-state index contributed by atoms with van der Waals surface area (Å²) in [6, 6.07) is 10.3. The van der Waals surface area contributed by atoms with Crippen molar-refractivity contribution in [2.45, 2.75) is 12.3 Å². The summed E-state index contributed by atoms with van der Waals surface area (Å²) in [6.45, 7) is 0.939. The molecule has 0 N–H and O–H groups in total. The minimum atomic E-state index is 0.000463. The van der Waals surface area contributed by atoms with E-state index in [0.29, 0.717) is 0 Å². The fraction of sp³-hybridized carbons (Fsp3) is 0.417. The van der Waals surface area contributed by atoms with Crippen LogP contribution in [0.3, 0.4) is 0 Å². The summed E-state index contributed by atoms with van der Waals surface area (Å²) >= 11 is 3.39. The third-order valence-corrected chi connectivity index (χ3v) is 2.82. The van der Waals surface area contributed by atoms with Crippen LogP contribution in [0.2, 0.25) is 0 Å². The van der Waals surface area contributed by atoms with Crippen LogP contribution in [0.4, 0.5) is 0 Å². The fourth-order valence-electron chi connectivity index (χ4n) is 1.39. The molecule has 0 aliphatic rings. The Morgan fingerprint density at radius 1 is 1.33 bits per heavy atom. The number of hydrogen-bond donors (Lipinski definition) is 0. The quantitative estimate of drug-likeness (QED) is 0.838. The molecule has 2 nitrogen and oxygen atoms in total. The van der Waals surface area contributed by atoms with E-state index in [0.717, 1.165) is 23.0 Å². The second-order valence-electron chi connectivity index (χ2n) is 3.83. The molecular formula is C12H15BrN2. The first kappa shape index (κ1) is 12.2. The maximum absolute atomic E-state index is 9.08. The minimum Gasteiger partial charge on any atom is -0.309 e. The summed E-state index contributed by atoms with van der Waals surface area (Å²) in [5.74, 6) is 0.000463. The molecule has 1 atom stereocenters. The van der Waals surface area contributed by atoms with Crippen molar-refractivity contribution in [3.63, 3.8) is 0 Å². The summed E-state index contributed by atoms with van der Waals surface area (Å²) < 4.78 is 1.05. The van der Waals surface area contributed by atoms with E-state index in [2.05, 4.69) is 26.9 Å². The molecule has 0 aliphatic heterocycles. The fourth-order valence-corrected chi connectivity index (χ4v) is 1.65. The molecule has 1 rings (SSSR count). The van der Waals surface area contributed by atoms with Gasteiger partial charge in [-0.25, -0.2) is 0 Å². The van der Waals surface area contributed by atoms with E-state index in [-0.39, 0.29) is 5.92 Å². The Morgan fingerprint density at radius 3 is 2.40 bits per heavy atom. The van der Waals surface area contributed by atoms with Crippen molar-refractivity contribution in [2.75, 3.05) is 20.6 Å². The van der Waals surface area contributed by atoms with Crippen molar-refractivity contribution in [1.82, 2.24) is 4.90 Å². The van der Waals surface area contributed by atoms with Crippen molar-refractivity contribution in [1.29, 1.82) is 5.26 Å². The first-order chi connectivity index (χ1) is 7.13. The number of benzene rings is 1. The topological polar surface area (TPSA) is 27.0 Å². The molecule has 0 aromatic heterocycles. The normalized spacial score (nSPS) is 12.5. The third-order valence-electron chi connectivity index (χ3n) is 2.29. The predicted octanol–water partition coefficient (Wildman–Crippen LogP) is 3.01. The van der Waals surface area contributed by atoms with Crippen LogP contribution in [-0.4, -0.2) is 25.5 Å². The molecule has 0 saturated heterocycles. The average molecular weight is 267 g/mol. The van der Waals surface area contributed by atoms with Gasteiger partial charge in [-0.2, -0.15) is 5.26 Å². The molecule has 0 fully saturated rings. The second-order valence-corrected chi connectivity index (χ2v) is 4.74. The molecule has 1 aromatic rings. The smallest absolute Gasteiger partial charge is 0.0724 e. The lowest BCUT2D eigenvalue weighted by atomic mass is 9.97. The van der Waals surface area contributed by atoms with Gasteiger partial charge in [-0.1, -0.05) is 28.1 Å². The lowest BCUT2D eigenvalue weighted by Crippen LogP contribution is -2.15. The van der Waals surface area contributed by atoms with E-state index in [1.807, 2.05) is 38.4 Å². The van der Waals surface area contributed by atoms with Gasteiger partial charge in [-0.15, -0.1) is 0 Å². The molecular weight excluding hydrogens is 252 g/mol. The standard InChI is InChI=1S/C12H15BrN2/c1-15(2)8-7-11(9-14)10-3-5-12(13)6-4-10/h3-6,11H,7-8H2,1-2H3. The molecule has 3 heteroatoms. The van der Waals surface area contributed by atoms with Crippen molar-refractivity contribution >= 4 is 15.9 Å². The van der Waals surface area contributed by atoms with Gasteiger partial charge < -0.3 is 4.90 Å². The van der Waals surface area contributed by atoms with Gasteiger partial charge in [0.05, 0.1) is 12.0 Å². The second kappa shape index (κ2) is 5.89. The molecule has 0 aliphatic carbocycles. The van der Waals surface area contributed by atoms with Gasteiger partial charge in [-0.3, -0.25) is 0 Å². The minimum absolute atomic E-state index is 0.000463. The largest absolute Gasteiger partial charge is 0.309 e. The SMILES string of the molecule is CN(C)CCC(C#N)c1ccc(Br)cc1. The highest BCUT2D eigenvalue weighted by Crippen LogP contribution is 2.21. The van der Waals surface area contributed by atoms with Crippen LogP contribution in [0, 0.1) is 11.3 Å². The Kier molecular flexibility index (Phi) is 4.80. The van der Waals surface area contributed by atoms with E-state index >= 15 is 0 Å². The Morgan fingerprint density at radius 2 is 1.93 bits per heavy atom. The summed E-state index contributed by atoms with van der Waals surface area (Å²) in [5, 5.41) is 9.08. The predicted molar refractivity (Wildman–Crippen MR) is 65.7 cm³/mol. The zero-order chi connectivity index (χ0) is 11.3. The van der Waals surface area contributed by atoms with Gasteiger partial charge in [0.25, 0.3) is 0 Å². The zero-order valence-electron chi connectivity index (χ0n) is 9.07. The highest BCUT2D eigenvalue weighted by molar-refractivity contribution is 9.10. The lowest BCUT2D eigenvalue weighted by Gasteiger charge is -2.13. The molecule has 15 heavy (non-hydrogen) atoms. The first-order valence-corrected chi connectivity index (χ1v) is 5.72. The number of nitriles is 1. The number of hydrogen-bond acceptors (Lipinski definition) is 2. The van der Waals surface area contributed by atoms with Gasteiger partial charge in [0, 0.05) is 4.47 Å². The molecule has 0 amide bonds. The maximum atomic E-state index is 9.08. The molecule has 0 bridgehead atoms. The molecule has 80 valence electrons. The van der Waals surface area contributed by atoms with Gasteiger partial charge in [0.1, 0.15) is 0 Å². The van der Waals surface area contributed by atoms with Gasteiger partial charge in [0.15, 0.2) is 0 Å². The molecule has 0 radical (unpaired) electrons. The van der Waals surface area contributed by atoms with Crippen LogP contribution >= 0.6 is 15.9 Å². The van der Waals surface area contributed by atoms with E-state index in [9.17, 15) is 0 Å². The third kappa shape index (κ3) is 4.03. The monoisotopic (exact) mass is 266 g/mol. The Bertz CT molecular complexity index is 338. The van der Waals surface area contributed by atoms with Crippen molar-refractivity contribution in [2.24, 2.45) is 0 Å². The van der Waals surface area contributed by atoms with E-state index in [1.54, 1.807) is 0 Å². The maximum Gasteiger partial charge on any atom is 0.0724 e. The van der Waals surface area contributed by atoms with E-state index < -0.39 is 0 Å². The highest BCUT2D eigenvalue weighted by Gasteiger charge is 2.10. The molecule has 0 heterocycles. The lowest BCUT2D eigenvalue weighted by molar-refractivity contribution is 0.393. The van der Waals surface area contributed by atoms with Gasteiger partial charge in [-0.05, 0) is 44.8 Å². The molecule has 1 unspecified atom stereocenters. The summed E-state index contributed by atoms with van der Waals surface area (Å²) in [5.41, 5.74) is 1.10. The summed E-state index contributed by atoms with van der Waals surface area (Å²) in [6.07, 6.45) is 0.880. The van der Waals surface area contributed by atoms with E-state index in [1.165, 1.54) is 0 Å². The first-order valence-electron chi connectivity index (χ1n) is 4.93. The van der Waals surface area contributed by atoms with Crippen molar-refractivity contribution in [3.05, 3.63) is 34.3 Å². The Hall–Kier alpha value is -0.850. The van der Waals surface area contributed by atoms with Crippen LogP contribution < -0.4 is 0 Å². The number of nitrogens with zero attached hydrogens (tertiary/aromatic N) is 2.